The molecule has 6 nitrogen and oxygen atoms in total. The Bertz CT molecular complexity index is 749. The van der Waals surface area contributed by atoms with E-state index in [1.54, 1.807) is 0 Å². The third kappa shape index (κ3) is 4.23. The van der Waals surface area contributed by atoms with Crippen molar-refractivity contribution >= 4 is 33.7 Å². The molecule has 0 fully saturated rings. The standard InChI is InChI=1S/C18H22BrFN2O4/c1-9(2)15-17(25-4)21-14(16(22-15)24-3)7-10-6-11(18(23)26-5)12(19)8-13(10)20/h6,8-9,14-15H,7H2,1-5H3/t14-,15+/m0/s1. The average molecular weight is 429 g/mol. The van der Waals surface area contributed by atoms with Crippen LogP contribution in [0.1, 0.15) is 29.8 Å². The molecule has 1 aromatic carbocycles. The molecular weight excluding hydrogens is 407 g/mol. The van der Waals surface area contributed by atoms with Gasteiger partial charge in [-0.05, 0) is 39.5 Å². The summed E-state index contributed by atoms with van der Waals surface area (Å²) in [6.45, 7) is 4.01. The lowest BCUT2D eigenvalue weighted by molar-refractivity contribution is 0.0599. The van der Waals surface area contributed by atoms with Gasteiger partial charge in [0, 0.05) is 10.9 Å². The molecule has 2 atom stereocenters. The Morgan fingerprint density at radius 2 is 1.85 bits per heavy atom. The fraction of sp³-hybridized carbons (Fsp3) is 0.500. The molecule has 1 aromatic rings. The van der Waals surface area contributed by atoms with E-state index in [1.165, 1.54) is 33.5 Å². The lowest BCUT2D eigenvalue weighted by Gasteiger charge is -2.27. The Labute approximate surface area is 160 Å². The molecule has 0 unspecified atom stereocenters. The molecule has 0 amide bonds. The molecule has 8 heteroatoms. The fourth-order valence-electron chi connectivity index (χ4n) is 2.72. The highest BCUT2D eigenvalue weighted by molar-refractivity contribution is 9.10. The van der Waals surface area contributed by atoms with Crippen LogP contribution in [0.15, 0.2) is 26.6 Å². The predicted octanol–water partition coefficient (Wildman–Crippen LogP) is 3.41. The van der Waals surface area contributed by atoms with Gasteiger partial charge in [0.1, 0.15) is 17.9 Å². The quantitative estimate of drug-likeness (QED) is 0.688. The van der Waals surface area contributed by atoms with E-state index < -0.39 is 17.8 Å². The lowest BCUT2D eigenvalue weighted by Crippen LogP contribution is -2.38. The number of carbonyl (C=O) groups is 1. The summed E-state index contributed by atoms with van der Waals surface area (Å²) in [6.07, 6.45) is 0.174. The van der Waals surface area contributed by atoms with Crippen LogP contribution in [0.5, 0.6) is 0 Å². The molecule has 0 radical (unpaired) electrons. The van der Waals surface area contributed by atoms with Gasteiger partial charge in [0.15, 0.2) is 0 Å². The first-order valence-electron chi connectivity index (χ1n) is 8.11. The number of benzene rings is 1. The summed E-state index contributed by atoms with van der Waals surface area (Å²) in [7, 11) is 4.32. The number of hydrogen-bond acceptors (Lipinski definition) is 6. The minimum absolute atomic E-state index is 0.174. The van der Waals surface area contributed by atoms with Gasteiger partial charge in [0.25, 0.3) is 0 Å². The van der Waals surface area contributed by atoms with E-state index in [4.69, 9.17) is 14.2 Å². The number of carbonyl (C=O) groups excluding carboxylic acids is 1. The van der Waals surface area contributed by atoms with Crippen molar-refractivity contribution in [3.05, 3.63) is 33.5 Å². The van der Waals surface area contributed by atoms with Crippen molar-refractivity contribution in [3.63, 3.8) is 0 Å². The molecule has 0 spiro atoms. The van der Waals surface area contributed by atoms with E-state index in [9.17, 15) is 9.18 Å². The average Bonchev–Trinajstić information content (AvgIpc) is 2.62. The minimum atomic E-state index is -0.552. The van der Waals surface area contributed by atoms with E-state index in [0.717, 1.165) is 0 Å². The van der Waals surface area contributed by atoms with Gasteiger partial charge in [-0.3, -0.25) is 0 Å². The number of hydrogen-bond donors (Lipinski definition) is 0. The first-order valence-corrected chi connectivity index (χ1v) is 8.91. The van der Waals surface area contributed by atoms with Gasteiger partial charge >= 0.3 is 5.97 Å². The number of rotatable bonds is 4. The molecule has 26 heavy (non-hydrogen) atoms. The van der Waals surface area contributed by atoms with Crippen LogP contribution in [0, 0.1) is 11.7 Å². The molecule has 0 aromatic heterocycles. The van der Waals surface area contributed by atoms with E-state index in [1.807, 2.05) is 13.8 Å². The summed E-state index contributed by atoms with van der Waals surface area (Å²) in [5.41, 5.74) is 0.553. The van der Waals surface area contributed by atoms with E-state index in [0.29, 0.717) is 21.8 Å². The number of halogens is 2. The van der Waals surface area contributed by atoms with Crippen LogP contribution < -0.4 is 0 Å². The van der Waals surface area contributed by atoms with Crippen molar-refractivity contribution in [3.8, 4) is 0 Å². The smallest absolute Gasteiger partial charge is 0.339 e. The van der Waals surface area contributed by atoms with Gasteiger partial charge in [0.05, 0.1) is 26.9 Å². The lowest BCUT2D eigenvalue weighted by atomic mass is 9.99. The molecular formula is C18H22BrFN2O4. The Morgan fingerprint density at radius 3 is 2.38 bits per heavy atom. The number of aliphatic imine (C=N–C) groups is 2. The Kier molecular flexibility index (Phi) is 6.75. The van der Waals surface area contributed by atoms with Gasteiger partial charge in [-0.15, -0.1) is 0 Å². The predicted molar refractivity (Wildman–Crippen MR) is 100 cm³/mol. The first-order chi connectivity index (χ1) is 12.3. The highest BCUT2D eigenvalue weighted by Crippen LogP contribution is 2.25. The summed E-state index contributed by atoms with van der Waals surface area (Å²) < 4.78 is 30.2. The number of methoxy groups -OCH3 is 3. The van der Waals surface area contributed by atoms with E-state index >= 15 is 0 Å². The number of esters is 1. The molecule has 1 aliphatic rings. The maximum atomic E-state index is 14.4. The summed E-state index contributed by atoms with van der Waals surface area (Å²) in [5, 5.41) is 0. The molecule has 0 saturated heterocycles. The first kappa shape index (κ1) is 20.4. The third-order valence-corrected chi connectivity index (χ3v) is 4.75. The van der Waals surface area contributed by atoms with Crippen LogP contribution >= 0.6 is 15.9 Å². The second kappa shape index (κ2) is 8.62. The number of nitrogens with zero attached hydrogens (tertiary/aromatic N) is 2. The molecule has 142 valence electrons. The van der Waals surface area contributed by atoms with Crippen molar-refractivity contribution in [1.82, 2.24) is 0 Å². The molecule has 1 aliphatic heterocycles. The minimum Gasteiger partial charge on any atom is -0.483 e. The van der Waals surface area contributed by atoms with E-state index in [2.05, 4.69) is 25.9 Å². The highest BCUT2D eigenvalue weighted by Gasteiger charge is 2.31. The Balaban J connectivity index is 2.39. The normalized spacial score (nSPS) is 19.7. The Hall–Kier alpha value is -1.96. The second-order valence-electron chi connectivity index (χ2n) is 6.17. The highest BCUT2D eigenvalue weighted by atomic mass is 79.9. The van der Waals surface area contributed by atoms with Gasteiger partial charge in [0.2, 0.25) is 11.8 Å². The molecule has 1 heterocycles. The SMILES string of the molecule is COC(=O)c1cc(C[C@@H]2N=C(OC)[C@@H](C(C)C)N=C2OC)c(F)cc1Br. The van der Waals surface area contributed by atoms with Crippen LogP contribution in [-0.2, 0) is 20.6 Å². The largest absolute Gasteiger partial charge is 0.483 e. The maximum Gasteiger partial charge on any atom is 0.339 e. The van der Waals surface area contributed by atoms with Crippen molar-refractivity contribution in [2.45, 2.75) is 32.4 Å². The van der Waals surface area contributed by atoms with Crippen LogP contribution in [0.2, 0.25) is 0 Å². The van der Waals surface area contributed by atoms with Crippen molar-refractivity contribution < 1.29 is 23.4 Å². The van der Waals surface area contributed by atoms with Gasteiger partial charge in [-0.2, -0.15) is 0 Å². The topological polar surface area (TPSA) is 69.5 Å². The maximum absolute atomic E-state index is 14.4. The number of ether oxygens (including phenoxy) is 3. The van der Waals surface area contributed by atoms with Crippen LogP contribution in [0.4, 0.5) is 4.39 Å². The molecule has 0 saturated carbocycles. The Morgan fingerprint density at radius 1 is 1.19 bits per heavy atom. The zero-order valence-electron chi connectivity index (χ0n) is 15.4. The summed E-state index contributed by atoms with van der Waals surface area (Å²) >= 11 is 3.18. The molecule has 0 bridgehead atoms. The van der Waals surface area contributed by atoms with Crippen LogP contribution in [0.25, 0.3) is 0 Å². The molecule has 2 rings (SSSR count). The zero-order chi connectivity index (χ0) is 19.4. The van der Waals surface area contributed by atoms with Crippen LogP contribution in [-0.4, -0.2) is 51.2 Å². The summed E-state index contributed by atoms with van der Waals surface area (Å²) in [4.78, 5) is 21.0. The van der Waals surface area contributed by atoms with Gasteiger partial charge in [-0.1, -0.05) is 13.8 Å². The van der Waals surface area contributed by atoms with Gasteiger partial charge < -0.3 is 14.2 Å². The van der Waals surface area contributed by atoms with Gasteiger partial charge in [-0.25, -0.2) is 19.2 Å². The van der Waals surface area contributed by atoms with Crippen molar-refractivity contribution in [2.75, 3.05) is 21.3 Å². The van der Waals surface area contributed by atoms with Crippen LogP contribution in [0.3, 0.4) is 0 Å². The van der Waals surface area contributed by atoms with Crippen molar-refractivity contribution in [1.29, 1.82) is 0 Å². The third-order valence-electron chi connectivity index (χ3n) is 4.09. The molecule has 0 N–H and O–H groups in total. The summed E-state index contributed by atoms with van der Waals surface area (Å²) in [5.74, 6) is 0.0570. The molecule has 0 aliphatic carbocycles. The fourth-order valence-corrected chi connectivity index (χ4v) is 3.20. The zero-order valence-corrected chi connectivity index (χ0v) is 17.0. The second-order valence-corrected chi connectivity index (χ2v) is 7.02. The monoisotopic (exact) mass is 428 g/mol. The van der Waals surface area contributed by atoms with Crippen molar-refractivity contribution in [2.24, 2.45) is 15.9 Å². The summed E-state index contributed by atoms with van der Waals surface area (Å²) in [6, 6.07) is 1.92. The van der Waals surface area contributed by atoms with E-state index in [-0.39, 0.29) is 23.9 Å².